The van der Waals surface area contributed by atoms with Crippen molar-refractivity contribution >= 4 is 36.0 Å². The molecule has 0 fully saturated rings. The van der Waals surface area contributed by atoms with E-state index in [1.165, 1.54) is 11.8 Å². The normalized spacial score (nSPS) is 11.2. The Labute approximate surface area is 144 Å². The van der Waals surface area contributed by atoms with Gasteiger partial charge in [-0.1, -0.05) is 55.1 Å². The molecule has 0 aliphatic heterocycles. The minimum absolute atomic E-state index is 0.181. The van der Waals surface area contributed by atoms with Crippen LogP contribution in [0.5, 0.6) is 0 Å². The first-order valence-corrected chi connectivity index (χ1v) is 8.48. The predicted molar refractivity (Wildman–Crippen MR) is 95.9 cm³/mol. The van der Waals surface area contributed by atoms with Crippen LogP contribution in [-0.4, -0.2) is 39.7 Å². The van der Waals surface area contributed by atoms with Crippen molar-refractivity contribution in [3.63, 3.8) is 0 Å². The summed E-state index contributed by atoms with van der Waals surface area (Å²) >= 11 is 1.21. The number of allylic oxidation sites excluding steroid dienone is 1. The highest BCUT2D eigenvalue weighted by Gasteiger charge is 2.07. The van der Waals surface area contributed by atoms with Crippen LogP contribution in [0.2, 0.25) is 0 Å². The van der Waals surface area contributed by atoms with E-state index >= 15 is 0 Å². The number of esters is 1. The van der Waals surface area contributed by atoms with E-state index in [1.54, 1.807) is 6.21 Å². The fraction of sp³-hybridized carbons (Fsp3) is 0.250. The van der Waals surface area contributed by atoms with Gasteiger partial charge in [-0.2, -0.15) is 10.1 Å². The van der Waals surface area contributed by atoms with Crippen molar-refractivity contribution in [1.29, 1.82) is 0 Å². The molecule has 0 saturated carbocycles. The lowest BCUT2D eigenvalue weighted by Gasteiger charge is -2.00. The van der Waals surface area contributed by atoms with Crippen LogP contribution in [0, 0.1) is 0 Å². The molecule has 24 heavy (non-hydrogen) atoms. The van der Waals surface area contributed by atoms with Crippen LogP contribution < -0.4 is 5.43 Å². The summed E-state index contributed by atoms with van der Waals surface area (Å²) in [7, 11) is 0. The van der Waals surface area contributed by atoms with Crippen molar-refractivity contribution in [2.45, 2.75) is 18.5 Å². The number of anilines is 1. The van der Waals surface area contributed by atoms with Gasteiger partial charge in [0.05, 0.1) is 12.4 Å². The molecule has 126 valence electrons. The van der Waals surface area contributed by atoms with Gasteiger partial charge in [-0.05, 0) is 18.1 Å². The molecule has 0 spiro atoms. The third-order valence-corrected chi connectivity index (χ3v) is 3.49. The number of H-pyrrole nitrogens is 1. The lowest BCUT2D eigenvalue weighted by molar-refractivity contribution is -0.140. The Bertz CT molecular complexity index is 685. The van der Waals surface area contributed by atoms with Gasteiger partial charge >= 0.3 is 5.97 Å². The Morgan fingerprint density at radius 3 is 3.04 bits per heavy atom. The van der Waals surface area contributed by atoms with Crippen molar-refractivity contribution in [3.05, 3.63) is 42.0 Å². The minimum Gasteiger partial charge on any atom is -0.465 e. The van der Waals surface area contributed by atoms with Crippen molar-refractivity contribution in [2.75, 3.05) is 17.8 Å². The Balaban J connectivity index is 1.72. The smallest absolute Gasteiger partial charge is 0.316 e. The van der Waals surface area contributed by atoms with E-state index in [1.807, 2.05) is 49.4 Å². The van der Waals surface area contributed by atoms with E-state index in [4.69, 9.17) is 4.74 Å². The summed E-state index contributed by atoms with van der Waals surface area (Å²) in [5.41, 5.74) is 3.83. The zero-order valence-electron chi connectivity index (χ0n) is 13.3. The summed E-state index contributed by atoms with van der Waals surface area (Å²) in [5, 5.41) is 11.1. The number of hydrazone groups is 1. The number of nitrogens with zero attached hydrogens (tertiary/aromatic N) is 3. The summed E-state index contributed by atoms with van der Waals surface area (Å²) in [6, 6.07) is 9.92. The van der Waals surface area contributed by atoms with Crippen LogP contribution in [0.1, 0.15) is 18.9 Å². The second kappa shape index (κ2) is 10.2. The Hall–Kier alpha value is -2.61. The number of hydrogen-bond donors (Lipinski definition) is 2. The number of carbonyl (C=O) groups is 1. The molecule has 2 aromatic rings. The molecule has 1 aromatic heterocycles. The van der Waals surface area contributed by atoms with Gasteiger partial charge < -0.3 is 4.74 Å². The monoisotopic (exact) mass is 345 g/mol. The molecule has 2 rings (SSSR count). The number of aromatic nitrogens is 3. The molecule has 0 bridgehead atoms. The maximum absolute atomic E-state index is 11.4. The molecular formula is C16H19N5O2S. The van der Waals surface area contributed by atoms with Gasteiger partial charge in [-0.15, -0.1) is 5.10 Å². The molecule has 0 atom stereocenters. The average Bonchev–Trinajstić information content (AvgIpc) is 3.06. The van der Waals surface area contributed by atoms with Gasteiger partial charge in [-0.3, -0.25) is 4.79 Å². The summed E-state index contributed by atoms with van der Waals surface area (Å²) in [5.74, 6) is 0.314. The van der Waals surface area contributed by atoms with Crippen molar-refractivity contribution in [3.8, 4) is 0 Å². The second-order valence-corrected chi connectivity index (χ2v) is 5.58. The lowest BCUT2D eigenvalue weighted by atomic mass is 10.2. The first kappa shape index (κ1) is 17.7. The molecule has 0 unspecified atom stereocenters. The standard InChI is InChI=1S/C16H19N5O2S/c1-2-11-23-14(22)12-24-16-18-15(20-21-16)19-17-10-6-9-13-7-4-3-5-8-13/h3-10H,2,11-12H2,1H3,(H2,18,19,20,21)/b9-6+,17-10-. The number of benzene rings is 1. The van der Waals surface area contributed by atoms with E-state index in [2.05, 4.69) is 25.7 Å². The van der Waals surface area contributed by atoms with E-state index in [9.17, 15) is 4.79 Å². The third-order valence-electron chi connectivity index (χ3n) is 2.67. The van der Waals surface area contributed by atoms with Crippen LogP contribution in [0.25, 0.3) is 6.08 Å². The highest BCUT2D eigenvalue weighted by Crippen LogP contribution is 2.14. The van der Waals surface area contributed by atoms with Crippen LogP contribution >= 0.6 is 11.8 Å². The molecule has 2 N–H and O–H groups in total. The van der Waals surface area contributed by atoms with Crippen LogP contribution in [0.4, 0.5) is 5.95 Å². The maximum Gasteiger partial charge on any atom is 0.316 e. The molecule has 7 nitrogen and oxygen atoms in total. The summed E-state index contributed by atoms with van der Waals surface area (Å²) in [4.78, 5) is 15.5. The zero-order valence-corrected chi connectivity index (χ0v) is 14.1. The second-order valence-electron chi connectivity index (χ2n) is 4.64. The minimum atomic E-state index is -0.273. The largest absolute Gasteiger partial charge is 0.465 e. The average molecular weight is 345 g/mol. The molecular weight excluding hydrogens is 326 g/mol. The van der Waals surface area contributed by atoms with E-state index in [0.29, 0.717) is 17.7 Å². The predicted octanol–water partition coefficient (Wildman–Crippen LogP) is 2.96. The number of rotatable bonds is 9. The van der Waals surface area contributed by atoms with E-state index in [-0.39, 0.29) is 11.7 Å². The maximum atomic E-state index is 11.4. The van der Waals surface area contributed by atoms with Gasteiger partial charge in [0.15, 0.2) is 0 Å². The number of carbonyl (C=O) groups excluding carboxylic acids is 1. The molecule has 0 saturated heterocycles. The number of hydrogen-bond acceptors (Lipinski definition) is 7. The van der Waals surface area contributed by atoms with Crippen LogP contribution in [0.15, 0.2) is 46.7 Å². The van der Waals surface area contributed by atoms with E-state index in [0.717, 1.165) is 12.0 Å². The summed E-state index contributed by atoms with van der Waals surface area (Å²) < 4.78 is 4.98. The fourth-order valence-corrected chi connectivity index (χ4v) is 2.20. The molecule has 0 aliphatic carbocycles. The molecule has 1 aromatic carbocycles. The third kappa shape index (κ3) is 6.66. The Morgan fingerprint density at radius 2 is 2.25 bits per heavy atom. The van der Waals surface area contributed by atoms with Crippen LogP contribution in [-0.2, 0) is 9.53 Å². The SMILES string of the molecule is CCCOC(=O)CSc1n[nH]c(N/N=C\C=C\c2ccccc2)n1. The van der Waals surface area contributed by atoms with Crippen molar-refractivity contribution in [2.24, 2.45) is 5.10 Å². The van der Waals surface area contributed by atoms with Crippen LogP contribution in [0.3, 0.4) is 0 Å². The molecule has 1 heterocycles. The molecule has 0 aliphatic rings. The topological polar surface area (TPSA) is 92.3 Å². The number of thioether (sulfide) groups is 1. The lowest BCUT2D eigenvalue weighted by Crippen LogP contribution is -2.07. The first-order chi connectivity index (χ1) is 11.8. The van der Waals surface area contributed by atoms with Gasteiger partial charge in [0, 0.05) is 6.21 Å². The summed E-state index contributed by atoms with van der Waals surface area (Å²) in [6.45, 7) is 2.38. The molecule has 0 amide bonds. The molecule has 8 heteroatoms. The number of aromatic amines is 1. The van der Waals surface area contributed by atoms with Gasteiger partial charge in [0.25, 0.3) is 0 Å². The summed E-state index contributed by atoms with van der Waals surface area (Å²) in [6.07, 6.45) is 6.18. The number of ether oxygens (including phenoxy) is 1. The van der Waals surface area contributed by atoms with Gasteiger partial charge in [0.1, 0.15) is 0 Å². The van der Waals surface area contributed by atoms with Gasteiger partial charge in [-0.25, -0.2) is 10.5 Å². The first-order valence-electron chi connectivity index (χ1n) is 7.49. The van der Waals surface area contributed by atoms with Crippen molar-refractivity contribution < 1.29 is 9.53 Å². The zero-order chi connectivity index (χ0) is 17.0. The number of nitrogens with one attached hydrogen (secondary N) is 2. The molecule has 0 radical (unpaired) electrons. The van der Waals surface area contributed by atoms with Crippen molar-refractivity contribution in [1.82, 2.24) is 15.2 Å². The van der Waals surface area contributed by atoms with E-state index < -0.39 is 0 Å². The quantitative estimate of drug-likeness (QED) is 0.314. The Morgan fingerprint density at radius 1 is 1.42 bits per heavy atom. The highest BCUT2D eigenvalue weighted by atomic mass is 32.2. The Kier molecular flexibility index (Phi) is 7.55. The highest BCUT2D eigenvalue weighted by molar-refractivity contribution is 7.99. The fourth-order valence-electron chi connectivity index (χ4n) is 1.60. The van der Waals surface area contributed by atoms with Gasteiger partial charge in [0.2, 0.25) is 11.1 Å².